The summed E-state index contributed by atoms with van der Waals surface area (Å²) < 4.78 is 23.6. The first kappa shape index (κ1) is 14.8. The maximum absolute atomic E-state index is 13.2. The van der Waals surface area contributed by atoms with Gasteiger partial charge in [0.1, 0.15) is 17.3 Å². The lowest BCUT2D eigenvalue weighted by Gasteiger charge is -2.10. The number of ether oxygens (including phenoxy) is 2. The van der Waals surface area contributed by atoms with Crippen LogP contribution in [0.25, 0.3) is 0 Å². The summed E-state index contributed by atoms with van der Waals surface area (Å²) in [4.78, 5) is 11.7. The zero-order chi connectivity index (χ0) is 15.1. The van der Waals surface area contributed by atoms with Gasteiger partial charge in [-0.15, -0.1) is 0 Å². The zero-order valence-corrected chi connectivity index (χ0v) is 11.6. The summed E-state index contributed by atoms with van der Waals surface area (Å²) in [6, 6.07) is 13.2. The molecule has 5 heteroatoms. The maximum Gasteiger partial charge on any atom is 0.258 e. The van der Waals surface area contributed by atoms with E-state index in [2.05, 4.69) is 5.32 Å². The molecule has 0 saturated carbocycles. The Balaban J connectivity index is 1.85. The van der Waals surface area contributed by atoms with Crippen LogP contribution in [0.3, 0.4) is 0 Å². The number of benzene rings is 2. The largest absolute Gasteiger partial charge is 0.496 e. The van der Waals surface area contributed by atoms with Gasteiger partial charge in [-0.25, -0.2) is 4.39 Å². The van der Waals surface area contributed by atoms with Gasteiger partial charge in [0.15, 0.2) is 6.61 Å². The number of carbonyl (C=O) groups is 1. The summed E-state index contributed by atoms with van der Waals surface area (Å²) in [6.07, 6.45) is 0. The number of methoxy groups -OCH3 is 1. The number of hydrogen-bond donors (Lipinski definition) is 1. The quantitative estimate of drug-likeness (QED) is 0.889. The number of amides is 1. The third-order valence-electron chi connectivity index (χ3n) is 2.83. The molecule has 1 N–H and O–H groups in total. The molecule has 0 spiro atoms. The molecular formula is C16H16FNO3. The van der Waals surface area contributed by atoms with Crippen LogP contribution >= 0.6 is 0 Å². The number of rotatable bonds is 6. The topological polar surface area (TPSA) is 47.6 Å². The fraction of sp³-hybridized carbons (Fsp3) is 0.188. The first-order valence-corrected chi connectivity index (χ1v) is 6.46. The molecule has 2 aromatic carbocycles. The molecule has 0 fully saturated rings. The molecule has 110 valence electrons. The summed E-state index contributed by atoms with van der Waals surface area (Å²) >= 11 is 0. The van der Waals surface area contributed by atoms with Crippen molar-refractivity contribution in [3.05, 3.63) is 59.9 Å². The number of para-hydroxylation sites is 1. The Hall–Kier alpha value is -2.56. The Bertz CT molecular complexity index is 602. The molecule has 0 radical (unpaired) electrons. The van der Waals surface area contributed by atoms with Crippen molar-refractivity contribution in [3.8, 4) is 11.5 Å². The zero-order valence-electron chi connectivity index (χ0n) is 11.6. The van der Waals surface area contributed by atoms with Crippen LogP contribution in [0.1, 0.15) is 5.56 Å². The van der Waals surface area contributed by atoms with Gasteiger partial charge in [-0.05, 0) is 30.3 Å². The van der Waals surface area contributed by atoms with Crippen LogP contribution in [0.5, 0.6) is 11.5 Å². The van der Waals surface area contributed by atoms with Gasteiger partial charge in [0.25, 0.3) is 5.91 Å². The number of halogens is 1. The molecule has 21 heavy (non-hydrogen) atoms. The van der Waals surface area contributed by atoms with Crippen molar-refractivity contribution < 1.29 is 18.7 Å². The average molecular weight is 289 g/mol. The lowest BCUT2D eigenvalue weighted by atomic mass is 10.2. The van der Waals surface area contributed by atoms with E-state index in [-0.39, 0.29) is 24.9 Å². The molecular weight excluding hydrogens is 273 g/mol. The second-order valence-corrected chi connectivity index (χ2v) is 4.33. The lowest BCUT2D eigenvalue weighted by Crippen LogP contribution is -2.28. The van der Waals surface area contributed by atoms with Gasteiger partial charge in [-0.2, -0.15) is 0 Å². The van der Waals surface area contributed by atoms with Gasteiger partial charge < -0.3 is 14.8 Å². The van der Waals surface area contributed by atoms with E-state index in [1.165, 1.54) is 25.3 Å². The second-order valence-electron chi connectivity index (χ2n) is 4.33. The summed E-state index contributed by atoms with van der Waals surface area (Å²) in [5.41, 5.74) is 0.575. The number of hydrogen-bond acceptors (Lipinski definition) is 3. The van der Waals surface area contributed by atoms with Crippen molar-refractivity contribution >= 4 is 5.91 Å². The molecule has 0 aliphatic rings. The summed E-state index contributed by atoms with van der Waals surface area (Å²) in [5, 5.41) is 2.66. The molecule has 2 rings (SSSR count). The van der Waals surface area contributed by atoms with E-state index in [9.17, 15) is 9.18 Å². The van der Waals surface area contributed by atoms with E-state index in [0.717, 1.165) is 0 Å². The average Bonchev–Trinajstić information content (AvgIpc) is 2.52. The molecule has 0 saturated heterocycles. The van der Waals surface area contributed by atoms with Crippen LogP contribution < -0.4 is 14.8 Å². The molecule has 0 aliphatic heterocycles. The van der Waals surface area contributed by atoms with Gasteiger partial charge in [0.05, 0.1) is 7.11 Å². The van der Waals surface area contributed by atoms with E-state index < -0.39 is 0 Å². The van der Waals surface area contributed by atoms with Gasteiger partial charge in [0.2, 0.25) is 0 Å². The van der Waals surface area contributed by atoms with Crippen molar-refractivity contribution in [1.82, 2.24) is 5.32 Å². The minimum Gasteiger partial charge on any atom is -0.496 e. The third kappa shape index (κ3) is 4.49. The van der Waals surface area contributed by atoms with Crippen molar-refractivity contribution in [2.45, 2.75) is 6.54 Å². The van der Waals surface area contributed by atoms with Crippen LogP contribution in [0.15, 0.2) is 48.5 Å². The summed E-state index contributed by atoms with van der Waals surface area (Å²) in [7, 11) is 1.50. The Kier molecular flexibility index (Phi) is 5.15. The minimum atomic E-state index is -0.374. The second kappa shape index (κ2) is 7.28. The van der Waals surface area contributed by atoms with E-state index in [0.29, 0.717) is 17.1 Å². The van der Waals surface area contributed by atoms with Crippen molar-refractivity contribution in [2.24, 2.45) is 0 Å². The highest BCUT2D eigenvalue weighted by Crippen LogP contribution is 2.18. The smallest absolute Gasteiger partial charge is 0.258 e. The van der Waals surface area contributed by atoms with E-state index in [1.54, 1.807) is 12.1 Å². The molecule has 0 bridgehead atoms. The monoisotopic (exact) mass is 289 g/mol. The molecule has 0 aromatic heterocycles. The Morgan fingerprint density at radius 2 is 1.95 bits per heavy atom. The van der Waals surface area contributed by atoms with Crippen LogP contribution in [-0.2, 0) is 11.3 Å². The summed E-state index contributed by atoms with van der Waals surface area (Å²) in [6.45, 7) is 0.0829. The van der Waals surface area contributed by atoms with Gasteiger partial charge >= 0.3 is 0 Å². The molecule has 0 aliphatic carbocycles. The first-order chi connectivity index (χ1) is 10.2. The number of nitrogens with one attached hydrogen (secondary N) is 1. The minimum absolute atomic E-state index is 0.0956. The van der Waals surface area contributed by atoms with E-state index in [1.807, 2.05) is 18.2 Å². The molecule has 0 unspecified atom stereocenters. The molecule has 1 amide bonds. The highest BCUT2D eigenvalue weighted by Gasteiger charge is 2.07. The van der Waals surface area contributed by atoms with Gasteiger partial charge in [-0.3, -0.25) is 4.79 Å². The Labute approximate surface area is 122 Å². The van der Waals surface area contributed by atoms with Crippen molar-refractivity contribution in [1.29, 1.82) is 0 Å². The van der Waals surface area contributed by atoms with Crippen molar-refractivity contribution in [3.63, 3.8) is 0 Å². The predicted octanol–water partition coefficient (Wildman–Crippen LogP) is 2.53. The third-order valence-corrected chi connectivity index (χ3v) is 2.83. The lowest BCUT2D eigenvalue weighted by molar-refractivity contribution is -0.123. The summed E-state index contributed by atoms with van der Waals surface area (Å²) in [5.74, 6) is 0.488. The fourth-order valence-corrected chi connectivity index (χ4v) is 1.80. The van der Waals surface area contributed by atoms with E-state index in [4.69, 9.17) is 9.47 Å². The highest BCUT2D eigenvalue weighted by molar-refractivity contribution is 5.77. The van der Waals surface area contributed by atoms with Crippen molar-refractivity contribution in [2.75, 3.05) is 13.7 Å². The Morgan fingerprint density at radius 1 is 1.19 bits per heavy atom. The molecule has 2 aromatic rings. The molecule has 0 heterocycles. The van der Waals surface area contributed by atoms with Gasteiger partial charge in [0, 0.05) is 12.1 Å². The standard InChI is InChI=1S/C16H16FNO3/c1-20-15-8-7-13(17)9-12(15)10-18-16(19)11-21-14-5-3-2-4-6-14/h2-9H,10-11H2,1H3,(H,18,19). The fourth-order valence-electron chi connectivity index (χ4n) is 1.80. The van der Waals surface area contributed by atoms with Crippen LogP contribution in [-0.4, -0.2) is 19.6 Å². The van der Waals surface area contributed by atoms with E-state index >= 15 is 0 Å². The predicted molar refractivity (Wildman–Crippen MR) is 76.7 cm³/mol. The van der Waals surface area contributed by atoms with Crippen LogP contribution in [0.4, 0.5) is 4.39 Å². The van der Waals surface area contributed by atoms with Crippen LogP contribution in [0.2, 0.25) is 0 Å². The molecule has 0 atom stereocenters. The number of carbonyl (C=O) groups excluding carboxylic acids is 1. The van der Waals surface area contributed by atoms with Crippen LogP contribution in [0, 0.1) is 5.82 Å². The SMILES string of the molecule is COc1ccc(F)cc1CNC(=O)COc1ccccc1. The normalized spacial score (nSPS) is 10.0. The highest BCUT2D eigenvalue weighted by atomic mass is 19.1. The molecule has 4 nitrogen and oxygen atoms in total. The first-order valence-electron chi connectivity index (χ1n) is 6.46. The Morgan fingerprint density at radius 3 is 2.67 bits per heavy atom. The van der Waals surface area contributed by atoms with Gasteiger partial charge in [-0.1, -0.05) is 18.2 Å². The maximum atomic E-state index is 13.2.